The van der Waals surface area contributed by atoms with Crippen molar-refractivity contribution in [2.24, 2.45) is 0 Å². The highest BCUT2D eigenvalue weighted by atomic mass is 35.5. The van der Waals surface area contributed by atoms with E-state index in [2.05, 4.69) is 10.2 Å². The Morgan fingerprint density at radius 3 is 2.50 bits per heavy atom. The predicted octanol–water partition coefficient (Wildman–Crippen LogP) is 5.24. The Balaban J connectivity index is 1.50. The summed E-state index contributed by atoms with van der Waals surface area (Å²) >= 11 is 7.56. The lowest BCUT2D eigenvalue weighted by Gasteiger charge is -2.31. The van der Waals surface area contributed by atoms with E-state index >= 15 is 0 Å². The van der Waals surface area contributed by atoms with Crippen LogP contribution in [0, 0.1) is 12.7 Å². The number of amides is 3. The van der Waals surface area contributed by atoms with Crippen LogP contribution in [0.15, 0.2) is 60.7 Å². The maximum absolute atomic E-state index is 13.7. The summed E-state index contributed by atoms with van der Waals surface area (Å²) in [5, 5.41) is 2.68. The number of halogens is 2. The van der Waals surface area contributed by atoms with Gasteiger partial charge in [-0.1, -0.05) is 41.9 Å². The van der Waals surface area contributed by atoms with Gasteiger partial charge in [0.05, 0.1) is 24.8 Å². The van der Waals surface area contributed by atoms with Crippen LogP contribution in [0.1, 0.15) is 15.3 Å². The minimum absolute atomic E-state index is 0.0842. The van der Waals surface area contributed by atoms with E-state index in [1.54, 1.807) is 16.2 Å². The zero-order valence-corrected chi connectivity index (χ0v) is 22.9. The van der Waals surface area contributed by atoms with E-state index in [4.69, 9.17) is 16.3 Å². The molecule has 4 rings (SSSR count). The van der Waals surface area contributed by atoms with Gasteiger partial charge >= 0.3 is 6.03 Å². The van der Waals surface area contributed by atoms with Crippen molar-refractivity contribution in [3.05, 3.63) is 86.8 Å². The monoisotopic (exact) mass is 558 g/mol. The maximum atomic E-state index is 13.7. The Morgan fingerprint density at radius 2 is 1.82 bits per heavy atom. The molecule has 2 heterocycles. The molecule has 0 aliphatic carbocycles. The van der Waals surface area contributed by atoms with Gasteiger partial charge in [-0.2, -0.15) is 0 Å². The van der Waals surface area contributed by atoms with Crippen molar-refractivity contribution in [2.75, 3.05) is 51.3 Å². The normalized spacial score (nSPS) is 13.8. The molecule has 3 aromatic rings. The second kappa shape index (κ2) is 13.7. The summed E-state index contributed by atoms with van der Waals surface area (Å²) in [6.45, 7) is 6.63. The van der Waals surface area contributed by atoms with Crippen LogP contribution in [0.5, 0.6) is 0 Å². The quantitative estimate of drug-likeness (QED) is 0.369. The molecule has 7 nitrogen and oxygen atoms in total. The van der Waals surface area contributed by atoms with Gasteiger partial charge in [-0.15, -0.1) is 11.3 Å². The molecule has 1 aromatic heterocycles. The number of nitrogens with one attached hydrogen (secondary N) is 1. The van der Waals surface area contributed by atoms with Crippen molar-refractivity contribution in [2.45, 2.75) is 20.0 Å². The SMILES string of the molecule is Cc1ccc(CN(Cc2ccccc2)C(=O)CN(CCN2CCOCC2)C(=O)Nc2ccc(F)c(Cl)c2)s1. The Labute approximate surface area is 231 Å². The number of aryl methyl sites for hydroxylation is 1. The highest BCUT2D eigenvalue weighted by Crippen LogP contribution is 2.21. The molecular formula is C28H32ClFN4O3S. The molecule has 0 spiro atoms. The molecule has 0 radical (unpaired) electrons. The van der Waals surface area contributed by atoms with E-state index in [-0.39, 0.29) is 17.5 Å². The largest absolute Gasteiger partial charge is 0.379 e. The molecule has 0 atom stereocenters. The van der Waals surface area contributed by atoms with Gasteiger partial charge in [0, 0.05) is 48.2 Å². The van der Waals surface area contributed by atoms with Crippen molar-refractivity contribution in [1.82, 2.24) is 14.7 Å². The van der Waals surface area contributed by atoms with Crippen LogP contribution in [-0.2, 0) is 22.6 Å². The lowest BCUT2D eigenvalue weighted by molar-refractivity contribution is -0.133. The molecule has 0 bridgehead atoms. The van der Waals surface area contributed by atoms with Crippen molar-refractivity contribution >= 4 is 40.6 Å². The third kappa shape index (κ3) is 8.26. The molecule has 2 aromatic carbocycles. The number of hydrogen-bond donors (Lipinski definition) is 1. The van der Waals surface area contributed by atoms with Crippen molar-refractivity contribution in [3.63, 3.8) is 0 Å². The van der Waals surface area contributed by atoms with E-state index < -0.39 is 11.8 Å². The molecule has 10 heteroatoms. The molecule has 38 heavy (non-hydrogen) atoms. The fourth-order valence-corrected chi connectivity index (χ4v) is 5.26. The summed E-state index contributed by atoms with van der Waals surface area (Å²) < 4.78 is 19.0. The van der Waals surface area contributed by atoms with Gasteiger partial charge in [0.1, 0.15) is 12.4 Å². The molecule has 0 saturated carbocycles. The number of hydrogen-bond acceptors (Lipinski definition) is 5. The zero-order chi connectivity index (χ0) is 26.9. The molecule has 1 aliphatic heterocycles. The van der Waals surface area contributed by atoms with E-state index in [1.807, 2.05) is 49.4 Å². The van der Waals surface area contributed by atoms with Crippen LogP contribution in [0.3, 0.4) is 0 Å². The molecule has 3 amide bonds. The van der Waals surface area contributed by atoms with Crippen molar-refractivity contribution in [3.8, 4) is 0 Å². The minimum Gasteiger partial charge on any atom is -0.379 e. The molecule has 1 N–H and O–H groups in total. The van der Waals surface area contributed by atoms with Crippen LogP contribution in [0.2, 0.25) is 5.02 Å². The summed E-state index contributed by atoms with van der Waals surface area (Å²) in [6, 6.07) is 17.5. The second-order valence-corrected chi connectivity index (χ2v) is 11.0. The van der Waals surface area contributed by atoms with Crippen LogP contribution in [-0.4, -0.2) is 72.6 Å². The lowest BCUT2D eigenvalue weighted by Crippen LogP contribution is -2.48. The number of morpholine rings is 1. The summed E-state index contributed by atoms with van der Waals surface area (Å²) in [4.78, 5) is 34.8. The first kappa shape index (κ1) is 28.0. The first-order valence-electron chi connectivity index (χ1n) is 12.6. The van der Waals surface area contributed by atoms with Crippen LogP contribution in [0.4, 0.5) is 14.9 Å². The van der Waals surface area contributed by atoms with Gasteiger partial charge in [-0.05, 0) is 42.8 Å². The van der Waals surface area contributed by atoms with Gasteiger partial charge in [0.25, 0.3) is 0 Å². The maximum Gasteiger partial charge on any atom is 0.322 e. The summed E-state index contributed by atoms with van der Waals surface area (Å²) in [5.74, 6) is -0.724. The molecule has 1 fully saturated rings. The predicted molar refractivity (Wildman–Crippen MR) is 149 cm³/mol. The van der Waals surface area contributed by atoms with E-state index in [0.717, 1.165) is 23.5 Å². The standard InChI is InChI=1S/C28H32ClFN4O3S/c1-21-7-9-24(38-21)19-34(18-22-5-3-2-4-6-22)27(35)20-33(12-11-32-13-15-37-16-14-32)28(36)31-23-8-10-26(30)25(29)17-23/h2-10,17H,11-16,18-20H2,1H3,(H,31,36). The highest BCUT2D eigenvalue weighted by molar-refractivity contribution is 7.11. The first-order valence-corrected chi connectivity index (χ1v) is 13.7. The Bertz CT molecular complexity index is 1220. The number of nitrogens with zero attached hydrogens (tertiary/aromatic N) is 3. The number of carbonyl (C=O) groups excluding carboxylic acids is 2. The Morgan fingerprint density at radius 1 is 1.05 bits per heavy atom. The van der Waals surface area contributed by atoms with E-state index in [9.17, 15) is 14.0 Å². The van der Waals surface area contributed by atoms with Gasteiger partial charge < -0.3 is 19.9 Å². The summed E-state index contributed by atoms with van der Waals surface area (Å²) in [6.07, 6.45) is 0. The smallest absolute Gasteiger partial charge is 0.322 e. The molecule has 1 aliphatic rings. The number of anilines is 1. The average molecular weight is 559 g/mol. The van der Waals surface area contributed by atoms with Gasteiger partial charge in [0.2, 0.25) is 5.91 Å². The summed E-state index contributed by atoms with van der Waals surface area (Å²) in [7, 11) is 0. The average Bonchev–Trinajstić information content (AvgIpc) is 3.33. The third-order valence-corrected chi connectivity index (χ3v) is 7.56. The number of rotatable bonds is 10. The molecular weight excluding hydrogens is 527 g/mol. The van der Waals surface area contributed by atoms with E-state index in [0.29, 0.717) is 45.1 Å². The Kier molecular flexibility index (Phi) is 10.1. The number of carbonyl (C=O) groups is 2. The third-order valence-electron chi connectivity index (χ3n) is 6.29. The van der Waals surface area contributed by atoms with Gasteiger partial charge in [0.15, 0.2) is 0 Å². The number of ether oxygens (including phenoxy) is 1. The van der Waals surface area contributed by atoms with Crippen LogP contribution in [0.25, 0.3) is 0 Å². The van der Waals surface area contributed by atoms with Gasteiger partial charge in [-0.25, -0.2) is 9.18 Å². The fourth-order valence-electron chi connectivity index (χ4n) is 4.17. The number of benzene rings is 2. The lowest BCUT2D eigenvalue weighted by atomic mass is 10.2. The van der Waals surface area contributed by atoms with Crippen LogP contribution >= 0.6 is 22.9 Å². The zero-order valence-electron chi connectivity index (χ0n) is 21.4. The summed E-state index contributed by atoms with van der Waals surface area (Å²) in [5.41, 5.74) is 1.37. The van der Waals surface area contributed by atoms with E-state index in [1.165, 1.54) is 28.0 Å². The van der Waals surface area contributed by atoms with Gasteiger partial charge in [-0.3, -0.25) is 9.69 Å². The van der Waals surface area contributed by atoms with Crippen LogP contribution < -0.4 is 5.32 Å². The molecule has 0 unspecified atom stereocenters. The van der Waals surface area contributed by atoms with Crippen molar-refractivity contribution in [1.29, 1.82) is 0 Å². The topological polar surface area (TPSA) is 65.1 Å². The van der Waals surface area contributed by atoms with Crippen molar-refractivity contribution < 1.29 is 18.7 Å². The number of urea groups is 1. The highest BCUT2D eigenvalue weighted by Gasteiger charge is 2.24. The Hall–Kier alpha value is -2.98. The first-order chi connectivity index (χ1) is 18.4. The fraction of sp³-hybridized carbons (Fsp3) is 0.357. The second-order valence-electron chi connectivity index (χ2n) is 9.18. The minimum atomic E-state index is -0.565. The number of thiophene rings is 1. The molecule has 202 valence electrons. The molecule has 1 saturated heterocycles.